The molecule has 1 atom stereocenters. The highest BCUT2D eigenvalue weighted by Gasteiger charge is 2.19. The normalized spacial score (nSPS) is 16.1. The van der Waals surface area contributed by atoms with Crippen LogP contribution in [0.2, 0.25) is 0 Å². The van der Waals surface area contributed by atoms with Gasteiger partial charge in [0, 0.05) is 13.2 Å². The molecule has 10 heteroatoms. The van der Waals surface area contributed by atoms with Gasteiger partial charge in [0.05, 0.1) is 19.4 Å². The molecule has 3 N–H and O–H groups in total. The summed E-state index contributed by atoms with van der Waals surface area (Å²) in [6.45, 7) is 0.451. The lowest BCUT2D eigenvalue weighted by Gasteiger charge is -2.10. The number of aliphatic carboxylic acids is 1. The number of benzene rings is 1. The first-order valence-corrected chi connectivity index (χ1v) is 8.25. The van der Waals surface area contributed by atoms with E-state index in [2.05, 4.69) is 15.8 Å². The summed E-state index contributed by atoms with van der Waals surface area (Å²) in [4.78, 5) is 33.9. The predicted octanol–water partition coefficient (Wildman–Crippen LogP) is -0.0961. The summed E-state index contributed by atoms with van der Waals surface area (Å²) in [7, 11) is 1.41. The van der Waals surface area contributed by atoms with Crippen molar-refractivity contribution in [3.05, 3.63) is 23.8 Å². The first-order chi connectivity index (χ1) is 13.0. The Morgan fingerprint density at radius 3 is 2.81 bits per heavy atom. The number of ether oxygens (including phenoxy) is 3. The van der Waals surface area contributed by atoms with Crippen LogP contribution in [0.1, 0.15) is 18.4 Å². The third-order valence-electron chi connectivity index (χ3n) is 3.64. The van der Waals surface area contributed by atoms with Crippen molar-refractivity contribution >= 4 is 24.0 Å². The van der Waals surface area contributed by atoms with Crippen molar-refractivity contribution in [2.75, 3.05) is 26.9 Å². The van der Waals surface area contributed by atoms with E-state index in [1.807, 2.05) is 0 Å². The van der Waals surface area contributed by atoms with Crippen molar-refractivity contribution in [2.24, 2.45) is 5.10 Å². The smallest absolute Gasteiger partial charge is 0.341 e. The van der Waals surface area contributed by atoms with Crippen LogP contribution in [0.25, 0.3) is 0 Å². The number of carboxylic acids is 1. The summed E-state index contributed by atoms with van der Waals surface area (Å²) in [6, 6.07) is 4.65. The van der Waals surface area contributed by atoms with E-state index in [-0.39, 0.29) is 18.4 Å². The van der Waals surface area contributed by atoms with Gasteiger partial charge in [-0.3, -0.25) is 9.59 Å². The Morgan fingerprint density at radius 1 is 1.33 bits per heavy atom. The molecule has 1 heterocycles. The molecular formula is C17H21N3O7. The quantitative estimate of drug-likeness (QED) is 0.326. The van der Waals surface area contributed by atoms with Crippen LogP contribution >= 0.6 is 0 Å². The number of amides is 2. The molecule has 2 rings (SSSR count). The number of hydrazone groups is 1. The maximum absolute atomic E-state index is 11.7. The van der Waals surface area contributed by atoms with E-state index in [0.29, 0.717) is 17.9 Å². The van der Waals surface area contributed by atoms with Gasteiger partial charge in [-0.2, -0.15) is 5.10 Å². The highest BCUT2D eigenvalue weighted by molar-refractivity contribution is 6.35. The lowest BCUT2D eigenvalue weighted by molar-refractivity contribution is -0.139. The molecule has 0 spiro atoms. The molecule has 1 aliphatic heterocycles. The molecule has 0 aromatic heterocycles. The second-order valence-electron chi connectivity index (χ2n) is 5.64. The van der Waals surface area contributed by atoms with Gasteiger partial charge in [-0.1, -0.05) is 0 Å². The second-order valence-corrected chi connectivity index (χ2v) is 5.64. The molecule has 2 amide bonds. The Labute approximate surface area is 155 Å². The minimum atomic E-state index is -1.11. The fourth-order valence-corrected chi connectivity index (χ4v) is 2.33. The van der Waals surface area contributed by atoms with Crippen LogP contribution in [0.4, 0.5) is 0 Å². The average Bonchev–Trinajstić information content (AvgIpc) is 3.18. The van der Waals surface area contributed by atoms with Gasteiger partial charge in [0.2, 0.25) is 0 Å². The summed E-state index contributed by atoms with van der Waals surface area (Å²) in [6.07, 6.45) is 3.06. The monoisotopic (exact) mass is 379 g/mol. The van der Waals surface area contributed by atoms with Gasteiger partial charge in [-0.05, 0) is 36.6 Å². The fraction of sp³-hybridized carbons (Fsp3) is 0.412. The average molecular weight is 379 g/mol. The summed E-state index contributed by atoms with van der Waals surface area (Å²) < 4.78 is 15.6. The summed E-state index contributed by atoms with van der Waals surface area (Å²) >= 11 is 0. The number of rotatable bonds is 8. The molecule has 0 aliphatic carbocycles. The molecule has 0 radical (unpaired) electrons. The van der Waals surface area contributed by atoms with Crippen LogP contribution in [-0.2, 0) is 19.1 Å². The van der Waals surface area contributed by atoms with Crippen LogP contribution in [0, 0.1) is 0 Å². The number of carbonyl (C=O) groups is 3. The summed E-state index contributed by atoms with van der Waals surface area (Å²) in [5.41, 5.74) is 2.68. The van der Waals surface area contributed by atoms with Gasteiger partial charge < -0.3 is 24.6 Å². The fourth-order valence-electron chi connectivity index (χ4n) is 2.33. The number of methoxy groups -OCH3 is 1. The lowest BCUT2D eigenvalue weighted by atomic mass is 10.2. The minimum Gasteiger partial charge on any atom is -0.493 e. The van der Waals surface area contributed by atoms with Crippen molar-refractivity contribution in [3.63, 3.8) is 0 Å². The summed E-state index contributed by atoms with van der Waals surface area (Å²) in [5.74, 6) is -2.23. The number of hydrogen-bond donors (Lipinski definition) is 3. The topological polar surface area (TPSA) is 136 Å². The zero-order valence-electron chi connectivity index (χ0n) is 14.8. The van der Waals surface area contributed by atoms with Crippen molar-refractivity contribution in [1.29, 1.82) is 0 Å². The van der Waals surface area contributed by atoms with E-state index in [9.17, 15) is 14.4 Å². The maximum atomic E-state index is 11.7. The first kappa shape index (κ1) is 20.2. The van der Waals surface area contributed by atoms with Crippen molar-refractivity contribution in [1.82, 2.24) is 10.7 Å². The van der Waals surface area contributed by atoms with E-state index in [0.717, 1.165) is 12.8 Å². The Balaban J connectivity index is 1.84. The van der Waals surface area contributed by atoms with E-state index in [1.165, 1.54) is 19.4 Å². The van der Waals surface area contributed by atoms with Gasteiger partial charge in [-0.25, -0.2) is 10.2 Å². The third kappa shape index (κ3) is 6.59. The molecule has 1 aromatic rings. The SMILES string of the molecule is COc1cc(/C=N\NC(=O)C(=O)NC[C@@H]2CCCO2)ccc1OCC(=O)O. The predicted molar refractivity (Wildman–Crippen MR) is 93.8 cm³/mol. The Bertz CT molecular complexity index is 714. The molecule has 0 saturated carbocycles. The molecule has 1 fully saturated rings. The number of carboxylic acid groups (broad SMARTS) is 1. The number of hydrogen-bond acceptors (Lipinski definition) is 7. The first-order valence-electron chi connectivity index (χ1n) is 8.25. The number of nitrogens with one attached hydrogen (secondary N) is 2. The Kier molecular flexibility index (Phi) is 7.56. The van der Waals surface area contributed by atoms with Crippen LogP contribution in [-0.4, -0.2) is 62.1 Å². The van der Waals surface area contributed by atoms with Crippen LogP contribution in [0.3, 0.4) is 0 Å². The molecule has 1 aliphatic rings. The summed E-state index contributed by atoms with van der Waals surface area (Å²) in [5, 5.41) is 14.8. The minimum absolute atomic E-state index is 0.0559. The van der Waals surface area contributed by atoms with Gasteiger partial charge in [-0.15, -0.1) is 0 Å². The molecule has 1 saturated heterocycles. The van der Waals surface area contributed by atoms with Gasteiger partial charge in [0.25, 0.3) is 0 Å². The van der Waals surface area contributed by atoms with Crippen molar-refractivity contribution in [3.8, 4) is 11.5 Å². The van der Waals surface area contributed by atoms with Crippen molar-refractivity contribution < 1.29 is 33.7 Å². The third-order valence-corrected chi connectivity index (χ3v) is 3.64. The molecule has 0 bridgehead atoms. The second kappa shape index (κ2) is 10.1. The Hall–Kier alpha value is -3.14. The van der Waals surface area contributed by atoms with Gasteiger partial charge in [0.15, 0.2) is 18.1 Å². The zero-order chi connectivity index (χ0) is 19.6. The Morgan fingerprint density at radius 2 is 2.15 bits per heavy atom. The van der Waals surface area contributed by atoms with Gasteiger partial charge >= 0.3 is 17.8 Å². The highest BCUT2D eigenvalue weighted by Crippen LogP contribution is 2.27. The molecule has 0 unspecified atom stereocenters. The molecule has 1 aromatic carbocycles. The zero-order valence-corrected chi connectivity index (χ0v) is 14.8. The van der Waals surface area contributed by atoms with Crippen LogP contribution in [0.5, 0.6) is 11.5 Å². The van der Waals surface area contributed by atoms with Crippen LogP contribution < -0.4 is 20.2 Å². The van der Waals surface area contributed by atoms with Crippen molar-refractivity contribution in [2.45, 2.75) is 18.9 Å². The molecule has 146 valence electrons. The van der Waals surface area contributed by atoms with E-state index < -0.39 is 24.4 Å². The largest absolute Gasteiger partial charge is 0.493 e. The lowest BCUT2D eigenvalue weighted by Crippen LogP contribution is -2.41. The highest BCUT2D eigenvalue weighted by atomic mass is 16.5. The standard InChI is InChI=1S/C17H21N3O7/c1-25-14-7-11(4-5-13(14)27-10-15(21)22)8-19-20-17(24)16(23)18-9-12-3-2-6-26-12/h4-5,7-8,12H,2-3,6,9-10H2,1H3,(H,18,23)(H,20,24)(H,21,22)/b19-8-/t12-/m0/s1. The molecule has 10 nitrogen and oxygen atoms in total. The maximum Gasteiger partial charge on any atom is 0.341 e. The van der Waals surface area contributed by atoms with E-state index in [1.54, 1.807) is 12.1 Å². The van der Waals surface area contributed by atoms with E-state index in [4.69, 9.17) is 19.3 Å². The number of carbonyl (C=O) groups excluding carboxylic acids is 2. The van der Waals surface area contributed by atoms with E-state index >= 15 is 0 Å². The van der Waals surface area contributed by atoms with Gasteiger partial charge in [0.1, 0.15) is 0 Å². The number of nitrogens with zero attached hydrogens (tertiary/aromatic N) is 1. The molecular weight excluding hydrogens is 358 g/mol. The van der Waals surface area contributed by atoms with Crippen LogP contribution in [0.15, 0.2) is 23.3 Å². The molecule has 27 heavy (non-hydrogen) atoms.